The highest BCUT2D eigenvalue weighted by atomic mass is 16.5. The highest BCUT2D eigenvalue weighted by Crippen LogP contribution is 2.35. The summed E-state index contributed by atoms with van der Waals surface area (Å²) in [6.07, 6.45) is 7.37. The molecule has 0 radical (unpaired) electrons. The predicted octanol–water partition coefficient (Wildman–Crippen LogP) is 2.47. The number of ether oxygens (including phenoxy) is 1. The number of aromatic nitrogens is 2. The van der Waals surface area contributed by atoms with Gasteiger partial charge in [0.25, 0.3) is 0 Å². The van der Waals surface area contributed by atoms with Crippen LogP contribution in [0.1, 0.15) is 12.0 Å². The van der Waals surface area contributed by atoms with Gasteiger partial charge >= 0.3 is 0 Å². The average molecular weight is 212 g/mol. The third-order valence-electron chi connectivity index (χ3n) is 2.81. The van der Waals surface area contributed by atoms with E-state index in [9.17, 15) is 0 Å². The Labute approximate surface area is 94.1 Å². The molecule has 3 heteroatoms. The molecule has 2 aromatic rings. The average Bonchev–Trinajstić information content (AvgIpc) is 2.39. The van der Waals surface area contributed by atoms with Crippen molar-refractivity contribution in [1.29, 1.82) is 0 Å². The van der Waals surface area contributed by atoms with Crippen LogP contribution in [0.15, 0.2) is 36.9 Å². The molecule has 1 aromatic heterocycles. The van der Waals surface area contributed by atoms with Crippen LogP contribution in [0.3, 0.4) is 0 Å². The van der Waals surface area contributed by atoms with Gasteiger partial charge in [0.15, 0.2) is 0 Å². The minimum Gasteiger partial charge on any atom is -0.493 e. The fourth-order valence-electron chi connectivity index (χ4n) is 2.05. The van der Waals surface area contributed by atoms with E-state index in [0.29, 0.717) is 0 Å². The van der Waals surface area contributed by atoms with Crippen LogP contribution in [-0.2, 0) is 6.42 Å². The lowest BCUT2D eigenvalue weighted by atomic mass is 9.99. The van der Waals surface area contributed by atoms with Crippen molar-refractivity contribution in [2.45, 2.75) is 12.8 Å². The van der Waals surface area contributed by atoms with Crippen LogP contribution < -0.4 is 4.74 Å². The fourth-order valence-corrected chi connectivity index (χ4v) is 2.05. The quantitative estimate of drug-likeness (QED) is 0.728. The van der Waals surface area contributed by atoms with E-state index in [0.717, 1.165) is 36.3 Å². The number of rotatable bonds is 1. The second-order valence-corrected chi connectivity index (χ2v) is 3.87. The number of nitrogens with zero attached hydrogens (tertiary/aromatic N) is 2. The number of fused-ring (bicyclic) bond motifs is 1. The first-order valence-corrected chi connectivity index (χ1v) is 5.45. The number of aryl methyl sites for hydroxylation is 1. The molecule has 1 aromatic carbocycles. The Balaban J connectivity index is 2.14. The van der Waals surface area contributed by atoms with Crippen LogP contribution in [0.4, 0.5) is 0 Å². The summed E-state index contributed by atoms with van der Waals surface area (Å²) in [6.45, 7) is 0.803. The van der Waals surface area contributed by atoms with Crippen molar-refractivity contribution < 1.29 is 4.74 Å². The minimum atomic E-state index is 0.803. The summed E-state index contributed by atoms with van der Waals surface area (Å²) in [4.78, 5) is 8.09. The Morgan fingerprint density at radius 1 is 1.12 bits per heavy atom. The molecular weight excluding hydrogens is 200 g/mol. The zero-order chi connectivity index (χ0) is 10.8. The smallest absolute Gasteiger partial charge is 0.130 e. The maximum absolute atomic E-state index is 5.75. The molecule has 0 amide bonds. The zero-order valence-electron chi connectivity index (χ0n) is 8.89. The van der Waals surface area contributed by atoms with Gasteiger partial charge in [-0.05, 0) is 18.4 Å². The SMILES string of the molecule is c1cc2c(c(-c3cncnc3)c1)OCCC2. The summed E-state index contributed by atoms with van der Waals surface area (Å²) in [7, 11) is 0. The largest absolute Gasteiger partial charge is 0.493 e. The number of para-hydroxylation sites is 1. The summed E-state index contributed by atoms with van der Waals surface area (Å²) in [5.74, 6) is 1.00. The summed E-state index contributed by atoms with van der Waals surface area (Å²) in [5, 5.41) is 0. The van der Waals surface area contributed by atoms with Gasteiger partial charge in [-0.15, -0.1) is 0 Å². The number of hydrogen-bond acceptors (Lipinski definition) is 3. The Morgan fingerprint density at radius 3 is 2.88 bits per heavy atom. The van der Waals surface area contributed by atoms with Crippen LogP contribution >= 0.6 is 0 Å². The molecule has 1 aliphatic heterocycles. The van der Waals surface area contributed by atoms with E-state index >= 15 is 0 Å². The Hall–Kier alpha value is -1.90. The van der Waals surface area contributed by atoms with Crippen molar-refractivity contribution in [1.82, 2.24) is 9.97 Å². The van der Waals surface area contributed by atoms with Crippen molar-refractivity contribution >= 4 is 0 Å². The van der Waals surface area contributed by atoms with Crippen molar-refractivity contribution in [2.75, 3.05) is 6.61 Å². The maximum Gasteiger partial charge on any atom is 0.130 e. The highest BCUT2D eigenvalue weighted by Gasteiger charge is 2.15. The maximum atomic E-state index is 5.75. The van der Waals surface area contributed by atoms with Gasteiger partial charge in [0, 0.05) is 23.5 Å². The normalized spacial score (nSPS) is 14.0. The minimum absolute atomic E-state index is 0.803. The van der Waals surface area contributed by atoms with Crippen LogP contribution in [-0.4, -0.2) is 16.6 Å². The van der Waals surface area contributed by atoms with E-state index in [-0.39, 0.29) is 0 Å². The molecular formula is C13H12N2O. The number of hydrogen-bond donors (Lipinski definition) is 0. The van der Waals surface area contributed by atoms with Gasteiger partial charge in [-0.3, -0.25) is 0 Å². The molecule has 16 heavy (non-hydrogen) atoms. The second-order valence-electron chi connectivity index (χ2n) is 3.87. The zero-order valence-corrected chi connectivity index (χ0v) is 8.89. The first-order valence-electron chi connectivity index (χ1n) is 5.45. The highest BCUT2D eigenvalue weighted by molar-refractivity contribution is 5.71. The van der Waals surface area contributed by atoms with Crippen molar-refractivity contribution in [3.8, 4) is 16.9 Å². The van der Waals surface area contributed by atoms with Gasteiger partial charge < -0.3 is 4.74 Å². The fraction of sp³-hybridized carbons (Fsp3) is 0.231. The van der Waals surface area contributed by atoms with E-state index in [1.165, 1.54) is 5.56 Å². The van der Waals surface area contributed by atoms with Crippen molar-refractivity contribution in [2.24, 2.45) is 0 Å². The third kappa shape index (κ3) is 1.54. The molecule has 1 aliphatic rings. The predicted molar refractivity (Wildman–Crippen MR) is 61.3 cm³/mol. The molecule has 0 unspecified atom stereocenters. The van der Waals surface area contributed by atoms with Crippen LogP contribution in [0, 0.1) is 0 Å². The summed E-state index contributed by atoms with van der Waals surface area (Å²) in [5.41, 5.74) is 3.40. The molecule has 0 bridgehead atoms. The van der Waals surface area contributed by atoms with E-state index in [1.807, 2.05) is 12.4 Å². The molecule has 3 nitrogen and oxygen atoms in total. The molecule has 0 atom stereocenters. The topological polar surface area (TPSA) is 35.0 Å². The lowest BCUT2D eigenvalue weighted by Crippen LogP contribution is -2.09. The number of benzene rings is 1. The second kappa shape index (κ2) is 3.93. The standard InChI is InChI=1S/C13H12N2O/c1-3-10-4-2-6-16-13(10)12(5-1)11-7-14-9-15-8-11/h1,3,5,7-9H,2,4,6H2. The molecule has 0 aliphatic carbocycles. The van der Waals surface area contributed by atoms with Crippen molar-refractivity contribution in [3.63, 3.8) is 0 Å². The first-order chi connectivity index (χ1) is 7.95. The molecule has 0 saturated carbocycles. The van der Waals surface area contributed by atoms with Gasteiger partial charge in [-0.2, -0.15) is 0 Å². The summed E-state index contributed by atoms with van der Waals surface area (Å²) in [6, 6.07) is 6.25. The summed E-state index contributed by atoms with van der Waals surface area (Å²) < 4.78 is 5.75. The van der Waals surface area contributed by atoms with E-state index in [2.05, 4.69) is 28.2 Å². The molecule has 3 rings (SSSR count). The Bertz CT molecular complexity index is 497. The van der Waals surface area contributed by atoms with Crippen LogP contribution in [0.2, 0.25) is 0 Å². The van der Waals surface area contributed by atoms with E-state index in [4.69, 9.17) is 4.74 Å². The molecule has 0 saturated heterocycles. The van der Waals surface area contributed by atoms with Gasteiger partial charge in [-0.1, -0.05) is 18.2 Å². The Kier molecular flexibility index (Phi) is 2.29. The molecule has 0 fully saturated rings. The molecule has 0 N–H and O–H groups in total. The molecule has 2 heterocycles. The first kappa shape index (κ1) is 9.33. The monoisotopic (exact) mass is 212 g/mol. The van der Waals surface area contributed by atoms with Crippen LogP contribution in [0.5, 0.6) is 5.75 Å². The van der Waals surface area contributed by atoms with Crippen LogP contribution in [0.25, 0.3) is 11.1 Å². The van der Waals surface area contributed by atoms with Gasteiger partial charge in [0.05, 0.1) is 6.61 Å². The van der Waals surface area contributed by atoms with E-state index < -0.39 is 0 Å². The Morgan fingerprint density at radius 2 is 2.00 bits per heavy atom. The third-order valence-corrected chi connectivity index (χ3v) is 2.81. The lowest BCUT2D eigenvalue weighted by Gasteiger charge is -2.20. The summed E-state index contributed by atoms with van der Waals surface area (Å²) >= 11 is 0. The molecule has 80 valence electrons. The van der Waals surface area contributed by atoms with E-state index in [1.54, 1.807) is 6.33 Å². The van der Waals surface area contributed by atoms with Crippen molar-refractivity contribution in [3.05, 3.63) is 42.5 Å². The molecule has 0 spiro atoms. The van der Waals surface area contributed by atoms with Gasteiger partial charge in [0.2, 0.25) is 0 Å². The van der Waals surface area contributed by atoms with Gasteiger partial charge in [0.1, 0.15) is 12.1 Å². The van der Waals surface area contributed by atoms with Gasteiger partial charge in [-0.25, -0.2) is 9.97 Å². The lowest BCUT2D eigenvalue weighted by molar-refractivity contribution is 0.289.